The van der Waals surface area contributed by atoms with Crippen molar-refractivity contribution in [3.63, 3.8) is 0 Å². The molecule has 3 heterocycles. The fourth-order valence-electron chi connectivity index (χ4n) is 5.87. The van der Waals surface area contributed by atoms with Crippen LogP contribution in [0.5, 0.6) is 0 Å². The Labute approximate surface area is 220 Å². The first-order valence-electron chi connectivity index (χ1n) is 12.9. The molecule has 5 aromatic carbocycles. The van der Waals surface area contributed by atoms with Crippen LogP contribution in [0.2, 0.25) is 0 Å². The van der Waals surface area contributed by atoms with E-state index in [1.54, 1.807) is 0 Å². The number of benzene rings is 5. The summed E-state index contributed by atoms with van der Waals surface area (Å²) < 4.78 is 2.42. The van der Waals surface area contributed by atoms with Gasteiger partial charge in [0, 0.05) is 38.2 Å². The molecular formula is C35H23N3. The van der Waals surface area contributed by atoms with Gasteiger partial charge in [-0.25, -0.2) is 9.97 Å². The van der Waals surface area contributed by atoms with Crippen LogP contribution >= 0.6 is 0 Å². The van der Waals surface area contributed by atoms with E-state index in [0.717, 1.165) is 33.9 Å². The van der Waals surface area contributed by atoms with Crippen molar-refractivity contribution in [2.45, 2.75) is 6.92 Å². The molecule has 0 saturated carbocycles. The molecule has 0 spiro atoms. The van der Waals surface area contributed by atoms with Crippen LogP contribution in [0.25, 0.3) is 72.0 Å². The summed E-state index contributed by atoms with van der Waals surface area (Å²) >= 11 is 0. The largest absolute Gasteiger partial charge is 0.308 e. The second kappa shape index (κ2) is 7.99. The van der Waals surface area contributed by atoms with Crippen LogP contribution in [0, 0.1) is 6.92 Å². The molecule has 0 atom stereocenters. The third kappa shape index (κ3) is 3.09. The summed E-state index contributed by atoms with van der Waals surface area (Å²) in [6.07, 6.45) is 0. The Morgan fingerprint density at radius 1 is 0.474 bits per heavy atom. The lowest BCUT2D eigenvalue weighted by molar-refractivity contribution is 1.18. The molecule has 3 heteroatoms. The van der Waals surface area contributed by atoms with Gasteiger partial charge in [-0.2, -0.15) is 0 Å². The molecule has 178 valence electrons. The number of hydrogen-bond donors (Lipinski definition) is 0. The van der Waals surface area contributed by atoms with Crippen molar-refractivity contribution in [2.75, 3.05) is 0 Å². The molecule has 0 aliphatic rings. The van der Waals surface area contributed by atoms with Crippen molar-refractivity contribution >= 4 is 38.1 Å². The molecule has 0 aliphatic heterocycles. The van der Waals surface area contributed by atoms with Crippen LogP contribution in [-0.4, -0.2) is 14.4 Å². The molecule has 8 aromatic rings. The first-order chi connectivity index (χ1) is 18.7. The normalized spacial score (nSPS) is 11.8. The van der Waals surface area contributed by atoms with E-state index < -0.39 is 0 Å². The van der Waals surface area contributed by atoms with Crippen LogP contribution in [0.4, 0.5) is 0 Å². The van der Waals surface area contributed by atoms with Gasteiger partial charge < -0.3 is 4.40 Å². The zero-order chi connectivity index (χ0) is 25.2. The molecule has 3 nitrogen and oxygen atoms in total. The lowest BCUT2D eigenvalue weighted by Gasteiger charge is -2.10. The predicted octanol–water partition coefficient (Wildman–Crippen LogP) is 8.94. The highest BCUT2D eigenvalue weighted by Gasteiger charge is 2.19. The van der Waals surface area contributed by atoms with Crippen molar-refractivity contribution in [1.82, 2.24) is 14.4 Å². The van der Waals surface area contributed by atoms with Crippen LogP contribution in [0.1, 0.15) is 5.56 Å². The molecule has 0 aliphatic carbocycles. The lowest BCUT2D eigenvalue weighted by atomic mass is 10.0. The zero-order valence-electron chi connectivity index (χ0n) is 20.9. The number of para-hydroxylation sites is 1. The Kier molecular flexibility index (Phi) is 4.44. The summed E-state index contributed by atoms with van der Waals surface area (Å²) in [6, 6.07) is 42.8. The summed E-state index contributed by atoms with van der Waals surface area (Å²) in [5.74, 6) is 0.734. The molecule has 8 rings (SSSR count). The smallest absolute Gasteiger partial charge is 0.160 e. The van der Waals surface area contributed by atoms with Crippen molar-refractivity contribution in [2.24, 2.45) is 0 Å². The molecule has 0 radical (unpaired) electrons. The fourth-order valence-corrected chi connectivity index (χ4v) is 5.87. The summed E-state index contributed by atoms with van der Waals surface area (Å²) in [6.45, 7) is 2.19. The first kappa shape index (κ1) is 21.1. The Morgan fingerprint density at radius 2 is 1.08 bits per heavy atom. The minimum atomic E-state index is 0.734. The monoisotopic (exact) mass is 485 g/mol. The van der Waals surface area contributed by atoms with Gasteiger partial charge in [-0.05, 0) is 48.9 Å². The molecule has 0 unspecified atom stereocenters. The molecule has 3 aromatic heterocycles. The predicted molar refractivity (Wildman–Crippen MR) is 158 cm³/mol. The van der Waals surface area contributed by atoms with Crippen molar-refractivity contribution in [3.05, 3.63) is 127 Å². The molecule has 0 amide bonds. The van der Waals surface area contributed by atoms with E-state index in [9.17, 15) is 0 Å². The second-order valence-electron chi connectivity index (χ2n) is 9.99. The van der Waals surface area contributed by atoms with Gasteiger partial charge in [-0.1, -0.05) is 84.9 Å². The highest BCUT2D eigenvalue weighted by molar-refractivity contribution is 6.23. The number of fused-ring (bicyclic) bond motifs is 6. The lowest BCUT2D eigenvalue weighted by Crippen LogP contribution is -1.95. The van der Waals surface area contributed by atoms with E-state index in [2.05, 4.69) is 108 Å². The van der Waals surface area contributed by atoms with E-state index in [1.165, 1.54) is 43.7 Å². The number of aromatic nitrogens is 3. The molecule has 0 saturated heterocycles. The molecule has 0 fully saturated rings. The van der Waals surface area contributed by atoms with Crippen molar-refractivity contribution in [1.29, 1.82) is 0 Å². The van der Waals surface area contributed by atoms with Gasteiger partial charge in [0.15, 0.2) is 5.82 Å². The van der Waals surface area contributed by atoms with E-state index >= 15 is 0 Å². The summed E-state index contributed by atoms with van der Waals surface area (Å²) in [5.41, 5.74) is 10.1. The van der Waals surface area contributed by atoms with Crippen LogP contribution in [-0.2, 0) is 0 Å². The van der Waals surface area contributed by atoms with E-state index in [-0.39, 0.29) is 0 Å². The second-order valence-corrected chi connectivity index (χ2v) is 9.99. The zero-order valence-corrected chi connectivity index (χ0v) is 20.9. The maximum Gasteiger partial charge on any atom is 0.160 e. The van der Waals surface area contributed by atoms with E-state index in [1.807, 2.05) is 24.3 Å². The van der Waals surface area contributed by atoms with Crippen molar-refractivity contribution < 1.29 is 0 Å². The van der Waals surface area contributed by atoms with Crippen molar-refractivity contribution in [3.8, 4) is 33.9 Å². The maximum atomic E-state index is 5.06. The third-order valence-corrected chi connectivity index (χ3v) is 7.56. The van der Waals surface area contributed by atoms with Gasteiger partial charge in [0.05, 0.1) is 27.9 Å². The standard InChI is InChI=1S/C35H23N3/c1-22-18-28-26-14-8-9-15-32(26)38-33-17-16-25(20-27(33)29(19-22)34(28)38)31-21-30(23-10-4-2-5-11-23)36-35(37-31)24-12-6-3-7-13-24/h2-21H,1H3. The van der Waals surface area contributed by atoms with Gasteiger partial charge in [-0.15, -0.1) is 0 Å². The average Bonchev–Trinajstić information content (AvgIpc) is 3.48. The SMILES string of the molecule is Cc1cc2c3ccccc3n3c4ccc(-c5cc(-c6ccccc6)nc(-c6ccccc6)n5)cc4c(c1)c23. The highest BCUT2D eigenvalue weighted by atomic mass is 14.9. The van der Waals surface area contributed by atoms with Gasteiger partial charge in [0.25, 0.3) is 0 Å². The van der Waals surface area contributed by atoms with Gasteiger partial charge >= 0.3 is 0 Å². The summed E-state index contributed by atoms with van der Waals surface area (Å²) in [4.78, 5) is 10.0. The van der Waals surface area contributed by atoms with Gasteiger partial charge in [0.2, 0.25) is 0 Å². The van der Waals surface area contributed by atoms with Crippen LogP contribution < -0.4 is 0 Å². The van der Waals surface area contributed by atoms with Crippen LogP contribution in [0.3, 0.4) is 0 Å². The number of nitrogens with zero attached hydrogens (tertiary/aromatic N) is 3. The maximum absolute atomic E-state index is 5.06. The van der Waals surface area contributed by atoms with E-state index in [0.29, 0.717) is 0 Å². The first-order valence-corrected chi connectivity index (χ1v) is 12.9. The topological polar surface area (TPSA) is 30.2 Å². The number of hydrogen-bond acceptors (Lipinski definition) is 2. The minimum absolute atomic E-state index is 0.734. The third-order valence-electron chi connectivity index (χ3n) is 7.56. The molecule has 0 bridgehead atoms. The summed E-state index contributed by atoms with van der Waals surface area (Å²) in [7, 11) is 0. The average molecular weight is 486 g/mol. The Hall–Kier alpha value is -5.02. The molecular weight excluding hydrogens is 462 g/mol. The minimum Gasteiger partial charge on any atom is -0.308 e. The Morgan fingerprint density at radius 3 is 1.84 bits per heavy atom. The Bertz CT molecular complexity index is 2070. The highest BCUT2D eigenvalue weighted by Crippen LogP contribution is 2.41. The molecule has 0 N–H and O–H groups in total. The number of aryl methyl sites for hydroxylation is 1. The Balaban J connectivity index is 1.41. The quantitative estimate of drug-likeness (QED) is 0.250. The van der Waals surface area contributed by atoms with E-state index in [4.69, 9.17) is 9.97 Å². The summed E-state index contributed by atoms with van der Waals surface area (Å²) in [5, 5.41) is 5.15. The molecule has 38 heavy (non-hydrogen) atoms. The number of rotatable bonds is 3. The van der Waals surface area contributed by atoms with Crippen LogP contribution in [0.15, 0.2) is 121 Å². The fraction of sp³-hybridized carbons (Fsp3) is 0.0286. The van der Waals surface area contributed by atoms with Gasteiger partial charge in [0.1, 0.15) is 0 Å². The van der Waals surface area contributed by atoms with Gasteiger partial charge in [-0.3, -0.25) is 0 Å².